The molecule has 2 aromatic carbocycles. The van der Waals surface area contributed by atoms with Gasteiger partial charge < -0.3 is 10.2 Å². The molecular weight excluding hydrogens is 442 g/mol. The molecule has 1 saturated heterocycles. The Morgan fingerprint density at radius 2 is 1.88 bits per heavy atom. The summed E-state index contributed by atoms with van der Waals surface area (Å²) in [5.41, 5.74) is 2.36. The molecule has 0 spiro atoms. The fourth-order valence-electron chi connectivity index (χ4n) is 4.02. The lowest BCUT2D eigenvalue weighted by Gasteiger charge is -2.18. The molecule has 3 heterocycles. The van der Waals surface area contributed by atoms with Crippen molar-refractivity contribution in [3.63, 3.8) is 0 Å². The number of fused-ring (bicyclic) bond motifs is 1. The van der Waals surface area contributed by atoms with E-state index in [2.05, 4.69) is 10.4 Å². The topological polar surface area (TPSA) is 88.7 Å². The zero-order valence-corrected chi connectivity index (χ0v) is 18.3. The molecule has 33 heavy (non-hydrogen) atoms. The molecule has 2 aromatic heterocycles. The first-order chi connectivity index (χ1) is 16.0. The van der Waals surface area contributed by atoms with Crippen molar-refractivity contribution < 1.29 is 9.59 Å². The van der Waals surface area contributed by atoms with Crippen molar-refractivity contribution in [2.45, 2.75) is 13.0 Å². The van der Waals surface area contributed by atoms with Crippen LogP contribution in [0.15, 0.2) is 77.7 Å². The Kier molecular flexibility index (Phi) is 5.43. The van der Waals surface area contributed by atoms with E-state index in [1.807, 2.05) is 24.3 Å². The SMILES string of the molecule is O=C(Nc1cccc(Cn2nc3ccccn3c2=O)c1)C1CC(=O)N(c2ccccc2Cl)C1. The fraction of sp³-hybridized carbons (Fsp3) is 0.167. The molecule has 8 nitrogen and oxygen atoms in total. The number of benzene rings is 2. The van der Waals surface area contributed by atoms with Crippen molar-refractivity contribution in [3.05, 3.63) is 94.0 Å². The first kappa shape index (κ1) is 21.0. The molecule has 1 unspecified atom stereocenters. The van der Waals surface area contributed by atoms with E-state index < -0.39 is 5.92 Å². The number of carbonyl (C=O) groups is 2. The molecule has 1 aliphatic heterocycles. The van der Waals surface area contributed by atoms with Crippen molar-refractivity contribution >= 4 is 40.4 Å². The summed E-state index contributed by atoms with van der Waals surface area (Å²) in [5, 5.41) is 7.71. The lowest BCUT2D eigenvalue weighted by Crippen LogP contribution is -2.28. The number of pyridine rings is 1. The van der Waals surface area contributed by atoms with Crippen molar-refractivity contribution in [1.82, 2.24) is 14.2 Å². The number of amides is 2. The summed E-state index contributed by atoms with van der Waals surface area (Å²) < 4.78 is 2.86. The number of carbonyl (C=O) groups excluding carboxylic acids is 2. The van der Waals surface area contributed by atoms with Gasteiger partial charge in [-0.2, -0.15) is 0 Å². The molecule has 4 aromatic rings. The summed E-state index contributed by atoms with van der Waals surface area (Å²) in [6, 6.07) is 19.7. The molecular formula is C24H20ClN5O3. The minimum Gasteiger partial charge on any atom is -0.326 e. The van der Waals surface area contributed by atoms with Gasteiger partial charge in [0.1, 0.15) is 0 Å². The second-order valence-electron chi connectivity index (χ2n) is 7.92. The molecule has 1 aliphatic rings. The number of aromatic nitrogens is 3. The van der Waals surface area contributed by atoms with E-state index in [9.17, 15) is 14.4 Å². The largest absolute Gasteiger partial charge is 0.350 e. The number of hydrogen-bond donors (Lipinski definition) is 1. The monoisotopic (exact) mass is 461 g/mol. The molecule has 2 amide bonds. The highest BCUT2D eigenvalue weighted by Gasteiger charge is 2.35. The zero-order chi connectivity index (χ0) is 22.9. The van der Waals surface area contributed by atoms with Gasteiger partial charge in [0.25, 0.3) is 0 Å². The highest BCUT2D eigenvalue weighted by atomic mass is 35.5. The lowest BCUT2D eigenvalue weighted by molar-refractivity contribution is -0.122. The minimum absolute atomic E-state index is 0.118. The van der Waals surface area contributed by atoms with Crippen LogP contribution in [0.3, 0.4) is 0 Å². The van der Waals surface area contributed by atoms with Gasteiger partial charge in [0.05, 0.1) is 23.2 Å². The average molecular weight is 462 g/mol. The predicted octanol–water partition coefficient (Wildman–Crippen LogP) is 3.19. The van der Waals surface area contributed by atoms with Gasteiger partial charge in [0.15, 0.2) is 5.65 Å². The number of hydrogen-bond acceptors (Lipinski definition) is 4. The molecule has 0 aliphatic carbocycles. The van der Waals surface area contributed by atoms with Crippen LogP contribution in [0.5, 0.6) is 0 Å². The molecule has 166 valence electrons. The van der Waals surface area contributed by atoms with Gasteiger partial charge in [-0.15, -0.1) is 5.10 Å². The van der Waals surface area contributed by atoms with Crippen LogP contribution in [-0.4, -0.2) is 32.5 Å². The van der Waals surface area contributed by atoms with Crippen LogP contribution in [0.4, 0.5) is 11.4 Å². The molecule has 0 bridgehead atoms. The summed E-state index contributed by atoms with van der Waals surface area (Å²) in [6.07, 6.45) is 1.79. The second kappa shape index (κ2) is 8.55. The van der Waals surface area contributed by atoms with Crippen LogP contribution in [0.25, 0.3) is 5.65 Å². The average Bonchev–Trinajstić information content (AvgIpc) is 3.35. The first-order valence-corrected chi connectivity index (χ1v) is 10.9. The summed E-state index contributed by atoms with van der Waals surface area (Å²) in [5.74, 6) is -0.860. The smallest absolute Gasteiger partial charge is 0.326 e. The highest BCUT2D eigenvalue weighted by Crippen LogP contribution is 2.31. The maximum atomic E-state index is 12.9. The van der Waals surface area contributed by atoms with Crippen molar-refractivity contribution in [1.29, 1.82) is 0 Å². The number of rotatable bonds is 5. The fourth-order valence-corrected chi connectivity index (χ4v) is 4.26. The van der Waals surface area contributed by atoms with Gasteiger partial charge in [-0.25, -0.2) is 9.48 Å². The minimum atomic E-state index is -0.488. The van der Waals surface area contributed by atoms with Gasteiger partial charge in [-0.05, 0) is 42.0 Å². The molecule has 1 N–H and O–H groups in total. The first-order valence-electron chi connectivity index (χ1n) is 10.5. The maximum Gasteiger partial charge on any atom is 0.350 e. The standard InChI is InChI=1S/C24H20ClN5O3/c25-19-8-1-2-9-20(19)29-15-17(13-22(29)31)23(32)26-18-7-5-6-16(12-18)14-30-24(33)28-11-4-3-10-21(28)27-30/h1-12,17H,13-15H2,(H,26,32). The summed E-state index contributed by atoms with van der Waals surface area (Å²) in [6.45, 7) is 0.539. The van der Waals surface area contributed by atoms with Crippen LogP contribution in [0.2, 0.25) is 5.02 Å². The van der Waals surface area contributed by atoms with E-state index in [1.165, 1.54) is 9.08 Å². The van der Waals surface area contributed by atoms with Gasteiger partial charge >= 0.3 is 5.69 Å². The number of anilines is 2. The normalized spacial score (nSPS) is 15.8. The zero-order valence-electron chi connectivity index (χ0n) is 17.5. The van der Waals surface area contributed by atoms with Crippen molar-refractivity contribution in [2.75, 3.05) is 16.8 Å². The number of nitrogens with one attached hydrogen (secondary N) is 1. The van der Waals surface area contributed by atoms with E-state index in [1.54, 1.807) is 53.6 Å². The Hall–Kier alpha value is -3.91. The third-order valence-corrected chi connectivity index (χ3v) is 5.97. The molecule has 5 rings (SSSR count). The van der Waals surface area contributed by atoms with Gasteiger partial charge in [0, 0.05) is 24.8 Å². The van der Waals surface area contributed by atoms with E-state index in [4.69, 9.17) is 11.6 Å². The Morgan fingerprint density at radius 1 is 1.06 bits per heavy atom. The molecule has 0 saturated carbocycles. The number of halogens is 1. The molecule has 1 atom stereocenters. The number of para-hydroxylation sites is 1. The van der Waals surface area contributed by atoms with Gasteiger partial charge in [0.2, 0.25) is 11.8 Å². The third-order valence-electron chi connectivity index (χ3n) is 5.65. The highest BCUT2D eigenvalue weighted by molar-refractivity contribution is 6.33. The van der Waals surface area contributed by atoms with E-state index >= 15 is 0 Å². The molecule has 1 fully saturated rings. The number of nitrogens with zero attached hydrogens (tertiary/aromatic N) is 4. The summed E-state index contributed by atoms with van der Waals surface area (Å²) in [7, 11) is 0. The maximum absolute atomic E-state index is 12.9. The quantitative estimate of drug-likeness (QED) is 0.494. The summed E-state index contributed by atoms with van der Waals surface area (Å²) >= 11 is 6.22. The van der Waals surface area contributed by atoms with Crippen molar-refractivity contribution in [2.24, 2.45) is 5.92 Å². The Morgan fingerprint density at radius 3 is 2.70 bits per heavy atom. The predicted molar refractivity (Wildman–Crippen MR) is 126 cm³/mol. The summed E-state index contributed by atoms with van der Waals surface area (Å²) in [4.78, 5) is 39.4. The van der Waals surface area contributed by atoms with Crippen LogP contribution >= 0.6 is 11.6 Å². The Bertz CT molecular complexity index is 1430. The molecule has 0 radical (unpaired) electrons. The van der Waals surface area contributed by atoms with Crippen LogP contribution in [0, 0.1) is 5.92 Å². The Balaban J connectivity index is 1.29. The molecule has 9 heteroatoms. The van der Waals surface area contributed by atoms with Crippen molar-refractivity contribution in [3.8, 4) is 0 Å². The van der Waals surface area contributed by atoms with Gasteiger partial charge in [-0.3, -0.25) is 14.0 Å². The van der Waals surface area contributed by atoms with Crippen LogP contribution in [0.1, 0.15) is 12.0 Å². The van der Waals surface area contributed by atoms with E-state index in [0.29, 0.717) is 22.0 Å². The Labute approximate surface area is 194 Å². The lowest BCUT2D eigenvalue weighted by atomic mass is 10.1. The third kappa shape index (κ3) is 4.12. The van der Waals surface area contributed by atoms with Gasteiger partial charge in [-0.1, -0.05) is 41.9 Å². The second-order valence-corrected chi connectivity index (χ2v) is 8.32. The van der Waals surface area contributed by atoms with Crippen LogP contribution < -0.4 is 15.9 Å². The van der Waals surface area contributed by atoms with E-state index in [0.717, 1.165) is 5.56 Å². The van der Waals surface area contributed by atoms with Crippen LogP contribution in [-0.2, 0) is 16.1 Å². The van der Waals surface area contributed by atoms with E-state index in [-0.39, 0.29) is 37.0 Å².